The van der Waals surface area contributed by atoms with E-state index in [1.807, 2.05) is 13.8 Å². The van der Waals surface area contributed by atoms with Gasteiger partial charge in [-0.2, -0.15) is 0 Å². The lowest BCUT2D eigenvalue weighted by Crippen LogP contribution is -2.15. The number of sulfone groups is 1. The van der Waals surface area contributed by atoms with Gasteiger partial charge in [0.2, 0.25) is 0 Å². The highest BCUT2D eigenvalue weighted by molar-refractivity contribution is 7.90. The number of rotatable bonds is 3. The predicted molar refractivity (Wildman–Crippen MR) is 74.6 cm³/mol. The van der Waals surface area contributed by atoms with E-state index in [0.717, 1.165) is 5.82 Å². The summed E-state index contributed by atoms with van der Waals surface area (Å²) in [4.78, 5) is 4.39. The minimum absolute atomic E-state index is 0.268. The number of aromatic nitrogens is 1. The van der Waals surface area contributed by atoms with E-state index < -0.39 is 9.84 Å². The van der Waals surface area contributed by atoms with Crippen LogP contribution in [0.15, 0.2) is 23.2 Å². The molecule has 4 nitrogen and oxygen atoms in total. The molecule has 1 saturated carbocycles. The first kappa shape index (κ1) is 15.0. The van der Waals surface area contributed by atoms with Gasteiger partial charge in [0.1, 0.15) is 5.82 Å². The maximum absolute atomic E-state index is 11.2. The summed E-state index contributed by atoms with van der Waals surface area (Å²) in [6.07, 6.45) is 7.48. The molecule has 1 heterocycles. The lowest BCUT2D eigenvalue weighted by molar-refractivity contribution is 0.601. The fourth-order valence-electron chi connectivity index (χ4n) is 1.96. The number of hydrogen-bond donors (Lipinski definition) is 1. The largest absolute Gasteiger partial charge is 0.367 e. The van der Waals surface area contributed by atoms with Crippen molar-refractivity contribution in [2.45, 2.75) is 50.5 Å². The Kier molecular flexibility index (Phi) is 5.59. The number of pyridine rings is 1. The van der Waals surface area contributed by atoms with Crippen molar-refractivity contribution in [2.24, 2.45) is 0 Å². The van der Waals surface area contributed by atoms with Crippen LogP contribution in [-0.2, 0) is 9.84 Å². The fourth-order valence-corrected chi connectivity index (χ4v) is 2.52. The first-order chi connectivity index (χ1) is 8.55. The second-order valence-corrected chi connectivity index (χ2v) is 6.29. The van der Waals surface area contributed by atoms with Crippen LogP contribution in [0.5, 0.6) is 0 Å². The van der Waals surface area contributed by atoms with Crippen molar-refractivity contribution < 1.29 is 8.42 Å². The van der Waals surface area contributed by atoms with Crippen molar-refractivity contribution in [1.29, 1.82) is 0 Å². The first-order valence-electron chi connectivity index (χ1n) is 6.48. The third-order valence-electron chi connectivity index (χ3n) is 2.87. The lowest BCUT2D eigenvalue weighted by Gasteiger charge is -2.12. The molecule has 0 radical (unpaired) electrons. The lowest BCUT2D eigenvalue weighted by atomic mass is 10.2. The summed E-state index contributed by atoms with van der Waals surface area (Å²) in [5, 5.41) is 3.31. The molecule has 1 aromatic rings. The van der Waals surface area contributed by atoms with E-state index in [-0.39, 0.29) is 4.90 Å². The zero-order valence-corrected chi connectivity index (χ0v) is 12.1. The summed E-state index contributed by atoms with van der Waals surface area (Å²) in [5.74, 6) is 0.763. The molecule has 1 aromatic heterocycles. The Labute approximate surface area is 110 Å². The van der Waals surface area contributed by atoms with E-state index in [0.29, 0.717) is 6.04 Å². The van der Waals surface area contributed by atoms with Crippen molar-refractivity contribution in [3.05, 3.63) is 18.3 Å². The van der Waals surface area contributed by atoms with Gasteiger partial charge in [0.05, 0.1) is 4.90 Å². The highest BCUT2D eigenvalue weighted by Gasteiger charge is 2.15. The zero-order valence-electron chi connectivity index (χ0n) is 11.3. The molecule has 2 rings (SSSR count). The van der Waals surface area contributed by atoms with Crippen LogP contribution in [-0.4, -0.2) is 25.7 Å². The van der Waals surface area contributed by atoms with Gasteiger partial charge in [-0.05, 0) is 25.0 Å². The van der Waals surface area contributed by atoms with Gasteiger partial charge >= 0.3 is 0 Å². The highest BCUT2D eigenvalue weighted by atomic mass is 32.2. The Morgan fingerprint density at radius 3 is 2.28 bits per heavy atom. The smallest absolute Gasteiger partial charge is 0.177 e. The second-order valence-electron chi connectivity index (χ2n) is 4.28. The van der Waals surface area contributed by atoms with Crippen LogP contribution >= 0.6 is 0 Å². The topological polar surface area (TPSA) is 59.1 Å². The van der Waals surface area contributed by atoms with E-state index in [1.54, 1.807) is 12.1 Å². The Morgan fingerprint density at radius 1 is 1.22 bits per heavy atom. The van der Waals surface area contributed by atoms with Gasteiger partial charge in [-0.15, -0.1) is 0 Å². The van der Waals surface area contributed by atoms with E-state index in [1.165, 1.54) is 38.1 Å². The van der Waals surface area contributed by atoms with Crippen LogP contribution in [0.25, 0.3) is 0 Å². The molecule has 1 aliphatic rings. The van der Waals surface area contributed by atoms with Gasteiger partial charge in [0.15, 0.2) is 9.84 Å². The average Bonchev–Trinajstić information content (AvgIpc) is 2.84. The molecule has 1 N–H and O–H groups in total. The molecule has 102 valence electrons. The number of nitrogens with one attached hydrogen (secondary N) is 1. The zero-order chi connectivity index (χ0) is 13.6. The van der Waals surface area contributed by atoms with Crippen LogP contribution in [0, 0.1) is 0 Å². The summed E-state index contributed by atoms with van der Waals surface area (Å²) in [6, 6.07) is 3.82. The molecule has 0 saturated heterocycles. The van der Waals surface area contributed by atoms with Gasteiger partial charge in [-0.25, -0.2) is 13.4 Å². The summed E-state index contributed by atoms with van der Waals surface area (Å²) in [7, 11) is -3.14. The summed E-state index contributed by atoms with van der Waals surface area (Å²) in [6.45, 7) is 4.00. The van der Waals surface area contributed by atoms with Gasteiger partial charge in [0.25, 0.3) is 0 Å². The quantitative estimate of drug-likeness (QED) is 0.917. The van der Waals surface area contributed by atoms with Crippen molar-refractivity contribution in [3.63, 3.8) is 0 Å². The van der Waals surface area contributed by atoms with Crippen LogP contribution in [0.4, 0.5) is 5.82 Å². The first-order valence-corrected chi connectivity index (χ1v) is 8.37. The molecule has 0 atom stereocenters. The summed E-state index contributed by atoms with van der Waals surface area (Å²) in [5.41, 5.74) is 0. The van der Waals surface area contributed by atoms with Crippen molar-refractivity contribution in [3.8, 4) is 0 Å². The molecule has 0 aromatic carbocycles. The molecule has 0 unspecified atom stereocenters. The normalized spacial score (nSPS) is 15.9. The van der Waals surface area contributed by atoms with Gasteiger partial charge < -0.3 is 5.32 Å². The predicted octanol–water partition coefficient (Wildman–Crippen LogP) is 2.87. The monoisotopic (exact) mass is 270 g/mol. The number of anilines is 1. The van der Waals surface area contributed by atoms with E-state index in [9.17, 15) is 8.42 Å². The van der Waals surface area contributed by atoms with Gasteiger partial charge in [-0.1, -0.05) is 26.7 Å². The molecule has 1 fully saturated rings. The van der Waals surface area contributed by atoms with Crippen LogP contribution < -0.4 is 5.32 Å². The third kappa shape index (κ3) is 4.29. The van der Waals surface area contributed by atoms with Crippen molar-refractivity contribution in [1.82, 2.24) is 4.98 Å². The molecular weight excluding hydrogens is 248 g/mol. The molecule has 0 bridgehead atoms. The maximum Gasteiger partial charge on any atom is 0.177 e. The Hall–Kier alpha value is -1.10. The van der Waals surface area contributed by atoms with E-state index in [2.05, 4.69) is 10.3 Å². The Balaban J connectivity index is 0.000000771. The molecule has 1 aliphatic carbocycles. The third-order valence-corrected chi connectivity index (χ3v) is 3.97. The molecule has 0 spiro atoms. The van der Waals surface area contributed by atoms with Gasteiger partial charge in [-0.3, -0.25) is 0 Å². The molecular formula is C13H22N2O2S. The van der Waals surface area contributed by atoms with Crippen molar-refractivity contribution >= 4 is 15.7 Å². The van der Waals surface area contributed by atoms with Crippen LogP contribution in [0.3, 0.4) is 0 Å². The number of nitrogens with zero attached hydrogens (tertiary/aromatic N) is 1. The minimum atomic E-state index is -3.14. The second kappa shape index (κ2) is 6.73. The van der Waals surface area contributed by atoms with Crippen molar-refractivity contribution in [2.75, 3.05) is 11.6 Å². The molecule has 0 amide bonds. The maximum atomic E-state index is 11.2. The summed E-state index contributed by atoms with van der Waals surface area (Å²) >= 11 is 0. The highest BCUT2D eigenvalue weighted by Crippen LogP contribution is 2.21. The minimum Gasteiger partial charge on any atom is -0.367 e. The van der Waals surface area contributed by atoms with Crippen LogP contribution in [0.1, 0.15) is 39.5 Å². The summed E-state index contributed by atoms with van der Waals surface area (Å²) < 4.78 is 22.5. The fraction of sp³-hybridized carbons (Fsp3) is 0.615. The standard InChI is InChI=1S/C11H16N2O2S.C2H6/c1-16(14,15)10-6-7-11(12-8-10)13-9-4-2-3-5-9;1-2/h6-9H,2-5H2,1H3,(H,12,13);1-2H3. The Bertz CT molecular complexity index is 448. The molecule has 5 heteroatoms. The number of hydrogen-bond acceptors (Lipinski definition) is 4. The van der Waals surface area contributed by atoms with E-state index in [4.69, 9.17) is 0 Å². The SMILES string of the molecule is CC.CS(=O)(=O)c1ccc(NC2CCCC2)nc1. The average molecular weight is 270 g/mol. The van der Waals surface area contributed by atoms with Gasteiger partial charge in [0, 0.05) is 18.5 Å². The molecule has 0 aliphatic heterocycles. The van der Waals surface area contributed by atoms with E-state index >= 15 is 0 Å². The molecule has 18 heavy (non-hydrogen) atoms. The van der Waals surface area contributed by atoms with Crippen LogP contribution in [0.2, 0.25) is 0 Å². The Morgan fingerprint density at radius 2 is 1.83 bits per heavy atom.